The predicted octanol–water partition coefficient (Wildman–Crippen LogP) is 2.75. The van der Waals surface area contributed by atoms with E-state index in [4.69, 9.17) is 15.2 Å². The van der Waals surface area contributed by atoms with E-state index in [0.29, 0.717) is 41.0 Å². The Balaban J connectivity index is 1.60. The van der Waals surface area contributed by atoms with Crippen molar-refractivity contribution in [3.63, 3.8) is 0 Å². The lowest BCUT2D eigenvalue weighted by atomic mass is 9.67. The summed E-state index contributed by atoms with van der Waals surface area (Å²) in [6.45, 7) is 0. The van der Waals surface area contributed by atoms with Gasteiger partial charge in [0, 0.05) is 29.5 Å². The summed E-state index contributed by atoms with van der Waals surface area (Å²) in [5.41, 5.74) is 2.53. The summed E-state index contributed by atoms with van der Waals surface area (Å²) in [4.78, 5) is 13.2. The average Bonchev–Trinajstić information content (AvgIpc) is 3.30. The third-order valence-electron chi connectivity index (χ3n) is 6.08. The maximum absolute atomic E-state index is 11.5. The molecule has 4 aromatic rings. The van der Waals surface area contributed by atoms with Gasteiger partial charge >= 0.3 is 0 Å². The van der Waals surface area contributed by atoms with Crippen LogP contribution in [0.4, 0.5) is 0 Å². The second kappa shape index (κ2) is 7.99. The van der Waals surface area contributed by atoms with Gasteiger partial charge in [-0.15, -0.1) is 0 Å². The number of aromatic nitrogens is 5. The number of pyridine rings is 3. The van der Waals surface area contributed by atoms with Crippen LogP contribution in [0.1, 0.15) is 19.3 Å². The number of fused-ring (bicyclic) bond motifs is 1. The molecule has 0 radical (unpaired) electrons. The van der Waals surface area contributed by atoms with Crippen LogP contribution < -0.4 is 5.14 Å². The lowest BCUT2D eigenvalue weighted by Crippen LogP contribution is -2.46. The van der Waals surface area contributed by atoms with Crippen molar-refractivity contribution < 1.29 is 8.42 Å². The van der Waals surface area contributed by atoms with E-state index in [1.807, 2.05) is 24.4 Å². The fourth-order valence-corrected chi connectivity index (χ4v) is 4.80. The second-order valence-electron chi connectivity index (χ2n) is 8.30. The van der Waals surface area contributed by atoms with Gasteiger partial charge in [0.25, 0.3) is 10.0 Å². The summed E-state index contributed by atoms with van der Waals surface area (Å²) < 4.78 is 24.8. The first kappa shape index (κ1) is 21.6. The number of nitrogens with zero attached hydrogens (tertiary/aromatic N) is 7. The Labute approximate surface area is 195 Å². The van der Waals surface area contributed by atoms with Gasteiger partial charge in [0.2, 0.25) is 0 Å². The Morgan fingerprint density at radius 3 is 2.65 bits per heavy atom. The largest absolute Gasteiger partial charge is 0.265 e. The quantitative estimate of drug-likeness (QED) is 0.465. The minimum Gasteiger partial charge on any atom is -0.265 e. The van der Waals surface area contributed by atoms with E-state index in [1.165, 1.54) is 12.3 Å². The molecule has 0 bridgehead atoms. The monoisotopic (exact) mass is 470 g/mol. The van der Waals surface area contributed by atoms with Crippen LogP contribution in [0.15, 0.2) is 60.0 Å². The average molecular weight is 471 g/mol. The molecule has 168 valence electrons. The summed E-state index contributed by atoms with van der Waals surface area (Å²) in [6, 6.07) is 14.7. The zero-order valence-electron chi connectivity index (χ0n) is 17.8. The van der Waals surface area contributed by atoms with Crippen molar-refractivity contribution in [2.24, 2.45) is 11.1 Å². The Hall–Kier alpha value is -4.19. The van der Waals surface area contributed by atoms with Gasteiger partial charge in [0.1, 0.15) is 11.4 Å². The van der Waals surface area contributed by atoms with Crippen molar-refractivity contribution in [3.05, 3.63) is 55.0 Å². The van der Waals surface area contributed by atoms with Crippen molar-refractivity contribution in [2.45, 2.75) is 29.8 Å². The molecule has 4 heterocycles. The number of sulfonamides is 1. The van der Waals surface area contributed by atoms with Crippen molar-refractivity contribution in [1.82, 2.24) is 24.7 Å². The molecule has 0 amide bonds. The summed E-state index contributed by atoms with van der Waals surface area (Å²) >= 11 is 0. The molecule has 5 rings (SSSR count). The van der Waals surface area contributed by atoms with E-state index in [2.05, 4.69) is 22.1 Å². The predicted molar refractivity (Wildman–Crippen MR) is 122 cm³/mol. The molecular formula is C23H18N8O2S. The minimum absolute atomic E-state index is 0.0831. The van der Waals surface area contributed by atoms with E-state index in [0.717, 1.165) is 5.39 Å². The molecule has 0 atom stereocenters. The Kier molecular flexibility index (Phi) is 5.09. The summed E-state index contributed by atoms with van der Waals surface area (Å²) in [5, 5.41) is 29.0. The Bertz CT molecular complexity index is 1590. The summed E-state index contributed by atoms with van der Waals surface area (Å²) in [7, 11) is -3.91. The van der Waals surface area contributed by atoms with Gasteiger partial charge < -0.3 is 0 Å². The first-order chi connectivity index (χ1) is 16.3. The lowest BCUT2D eigenvalue weighted by Gasteiger charge is -2.43. The molecule has 1 saturated carbocycles. The third kappa shape index (κ3) is 3.67. The van der Waals surface area contributed by atoms with Crippen LogP contribution in [-0.4, -0.2) is 33.2 Å². The van der Waals surface area contributed by atoms with Gasteiger partial charge in [0.05, 0.1) is 41.2 Å². The molecule has 2 N–H and O–H groups in total. The SMILES string of the molecule is N#CC[C@]1(n2ccc(-c3nc(-c4ccc(S(N)(=O)=O)nc4)cc4ncccc34)n2)C[C@H](C#N)C1. The molecule has 4 aromatic heterocycles. The zero-order valence-corrected chi connectivity index (χ0v) is 18.6. The molecule has 11 heteroatoms. The second-order valence-corrected chi connectivity index (χ2v) is 9.80. The van der Waals surface area contributed by atoms with E-state index < -0.39 is 15.6 Å². The van der Waals surface area contributed by atoms with Gasteiger partial charge in [-0.25, -0.2) is 23.5 Å². The lowest BCUT2D eigenvalue weighted by molar-refractivity contribution is 0.0884. The number of nitrogens with two attached hydrogens (primary N) is 1. The standard InChI is InChI=1S/C23H18N8O2S/c24-7-6-23(11-15(12-23)13-25)31-9-5-18(30-31)22-17-2-1-8-27-20(17)10-19(29-22)16-3-4-21(28-14-16)34(26,32)33/h1-5,8-10,14-15H,6,11-12H2,(H2,26,32,33)/t15-,23-. The normalized spacial score (nSPS) is 19.8. The van der Waals surface area contributed by atoms with Gasteiger partial charge in [-0.2, -0.15) is 15.6 Å². The third-order valence-corrected chi connectivity index (χ3v) is 6.91. The number of primary sulfonamides is 1. The molecule has 0 spiro atoms. The van der Waals surface area contributed by atoms with E-state index in [-0.39, 0.29) is 17.4 Å². The highest BCUT2D eigenvalue weighted by Gasteiger charge is 2.46. The van der Waals surface area contributed by atoms with Crippen molar-refractivity contribution >= 4 is 20.9 Å². The van der Waals surface area contributed by atoms with E-state index in [9.17, 15) is 18.9 Å². The molecular weight excluding hydrogens is 452 g/mol. The molecule has 1 aliphatic carbocycles. The molecule has 10 nitrogen and oxygen atoms in total. The van der Waals surface area contributed by atoms with Gasteiger partial charge in [-0.1, -0.05) is 0 Å². The fraction of sp³-hybridized carbons (Fsp3) is 0.217. The number of nitriles is 2. The molecule has 0 aliphatic heterocycles. The highest BCUT2D eigenvalue weighted by Crippen LogP contribution is 2.46. The zero-order chi connectivity index (χ0) is 23.9. The molecule has 34 heavy (non-hydrogen) atoms. The first-order valence-corrected chi connectivity index (χ1v) is 12.0. The van der Waals surface area contributed by atoms with Crippen molar-refractivity contribution in [1.29, 1.82) is 10.5 Å². The number of rotatable bonds is 5. The van der Waals surface area contributed by atoms with Crippen LogP contribution in [0.25, 0.3) is 33.5 Å². The topological polar surface area (TPSA) is 164 Å². The number of hydrogen-bond acceptors (Lipinski definition) is 8. The van der Waals surface area contributed by atoms with Gasteiger partial charge in [-0.05, 0) is 49.2 Å². The molecule has 0 aromatic carbocycles. The molecule has 1 fully saturated rings. The minimum atomic E-state index is -3.91. The summed E-state index contributed by atoms with van der Waals surface area (Å²) in [5.74, 6) is -0.0831. The van der Waals surface area contributed by atoms with Crippen molar-refractivity contribution in [2.75, 3.05) is 0 Å². The number of hydrogen-bond donors (Lipinski definition) is 1. The van der Waals surface area contributed by atoms with Crippen molar-refractivity contribution in [3.8, 4) is 34.8 Å². The summed E-state index contributed by atoms with van der Waals surface area (Å²) in [6.07, 6.45) is 6.32. The first-order valence-electron chi connectivity index (χ1n) is 10.4. The maximum Gasteiger partial charge on any atom is 0.255 e. The molecule has 0 unspecified atom stereocenters. The maximum atomic E-state index is 11.5. The van der Waals surface area contributed by atoms with Gasteiger partial charge in [0.15, 0.2) is 5.03 Å². The van der Waals surface area contributed by atoms with Crippen LogP contribution in [0.5, 0.6) is 0 Å². The Morgan fingerprint density at radius 1 is 1.15 bits per heavy atom. The smallest absolute Gasteiger partial charge is 0.255 e. The van der Waals surface area contributed by atoms with Crippen LogP contribution >= 0.6 is 0 Å². The Morgan fingerprint density at radius 2 is 1.97 bits per heavy atom. The van der Waals surface area contributed by atoms with E-state index in [1.54, 1.807) is 23.0 Å². The van der Waals surface area contributed by atoms with Crippen LogP contribution in [0, 0.1) is 28.6 Å². The van der Waals surface area contributed by atoms with Gasteiger partial charge in [-0.3, -0.25) is 9.67 Å². The van der Waals surface area contributed by atoms with Crippen LogP contribution in [-0.2, 0) is 15.6 Å². The fourth-order valence-electron chi connectivity index (χ4n) is 4.34. The molecule has 1 aliphatic rings. The molecule has 0 saturated heterocycles. The van der Waals surface area contributed by atoms with Crippen LogP contribution in [0.2, 0.25) is 0 Å². The van der Waals surface area contributed by atoms with Crippen LogP contribution in [0.3, 0.4) is 0 Å². The van der Waals surface area contributed by atoms with E-state index >= 15 is 0 Å². The highest BCUT2D eigenvalue weighted by molar-refractivity contribution is 7.89. The highest BCUT2D eigenvalue weighted by atomic mass is 32.2.